The number of aromatic amines is 1. The van der Waals surface area contributed by atoms with Crippen molar-refractivity contribution in [1.29, 1.82) is 0 Å². The Balaban J connectivity index is 2.26. The fraction of sp³-hybridized carbons (Fsp3) is 0.188. The first-order chi connectivity index (χ1) is 9.56. The van der Waals surface area contributed by atoms with Crippen LogP contribution in [0.25, 0.3) is 16.7 Å². The van der Waals surface area contributed by atoms with E-state index in [0.29, 0.717) is 15.7 Å². The number of rotatable bonds is 2. The standard InChI is InChI=1S/C16H15ClN2S/c1-10(2)11-4-3-5-13(8-11)19-15-7-6-12(17)9-14(15)18-16(19)20/h3-10H,1-2H3,(H,18,20). The van der Waals surface area contributed by atoms with Gasteiger partial charge in [0.1, 0.15) is 0 Å². The Morgan fingerprint density at radius 3 is 2.70 bits per heavy atom. The molecule has 0 amide bonds. The maximum Gasteiger partial charge on any atom is 0.182 e. The largest absolute Gasteiger partial charge is 0.330 e. The first kappa shape index (κ1) is 13.4. The third-order valence-corrected chi connectivity index (χ3v) is 3.96. The Labute approximate surface area is 128 Å². The van der Waals surface area contributed by atoms with Gasteiger partial charge in [0, 0.05) is 10.7 Å². The van der Waals surface area contributed by atoms with Gasteiger partial charge in [-0.3, -0.25) is 4.57 Å². The molecule has 0 aliphatic rings. The molecule has 2 nitrogen and oxygen atoms in total. The van der Waals surface area contributed by atoms with Crippen LogP contribution in [-0.2, 0) is 0 Å². The van der Waals surface area contributed by atoms with Crippen molar-refractivity contribution in [2.24, 2.45) is 0 Å². The lowest BCUT2D eigenvalue weighted by molar-refractivity contribution is 0.863. The van der Waals surface area contributed by atoms with Crippen molar-refractivity contribution in [1.82, 2.24) is 9.55 Å². The summed E-state index contributed by atoms with van der Waals surface area (Å²) < 4.78 is 2.73. The lowest BCUT2D eigenvalue weighted by Crippen LogP contribution is -1.96. The number of halogens is 1. The molecule has 20 heavy (non-hydrogen) atoms. The lowest BCUT2D eigenvalue weighted by Gasteiger charge is -2.09. The summed E-state index contributed by atoms with van der Waals surface area (Å²) in [5.41, 5.74) is 4.38. The molecule has 0 bridgehead atoms. The van der Waals surface area contributed by atoms with Crippen molar-refractivity contribution in [3.05, 3.63) is 57.8 Å². The number of imidazole rings is 1. The summed E-state index contributed by atoms with van der Waals surface area (Å²) >= 11 is 11.5. The maximum atomic E-state index is 6.03. The van der Waals surface area contributed by atoms with Gasteiger partial charge < -0.3 is 4.98 Å². The molecule has 1 aromatic heterocycles. The quantitative estimate of drug-likeness (QED) is 0.623. The van der Waals surface area contributed by atoms with Crippen LogP contribution in [0.4, 0.5) is 0 Å². The molecule has 0 aliphatic carbocycles. The Kier molecular flexibility index (Phi) is 3.40. The van der Waals surface area contributed by atoms with Gasteiger partial charge in [0.05, 0.1) is 11.0 Å². The van der Waals surface area contributed by atoms with Crippen LogP contribution in [-0.4, -0.2) is 9.55 Å². The van der Waals surface area contributed by atoms with E-state index in [1.165, 1.54) is 5.56 Å². The average molecular weight is 303 g/mol. The zero-order valence-electron chi connectivity index (χ0n) is 11.4. The molecule has 0 spiro atoms. The Morgan fingerprint density at radius 2 is 1.95 bits per heavy atom. The summed E-state index contributed by atoms with van der Waals surface area (Å²) in [6.07, 6.45) is 0. The van der Waals surface area contributed by atoms with Gasteiger partial charge in [-0.15, -0.1) is 0 Å². The molecule has 0 atom stereocenters. The molecule has 0 aliphatic heterocycles. The van der Waals surface area contributed by atoms with Crippen molar-refractivity contribution in [3.8, 4) is 5.69 Å². The number of aromatic nitrogens is 2. The highest BCUT2D eigenvalue weighted by Gasteiger charge is 2.08. The van der Waals surface area contributed by atoms with E-state index in [1.54, 1.807) is 0 Å². The summed E-state index contributed by atoms with van der Waals surface area (Å²) in [5.74, 6) is 0.490. The van der Waals surface area contributed by atoms with Crippen LogP contribution in [0.3, 0.4) is 0 Å². The fourth-order valence-electron chi connectivity index (χ4n) is 2.36. The minimum atomic E-state index is 0.490. The van der Waals surface area contributed by atoms with Crippen LogP contribution in [0.1, 0.15) is 25.3 Å². The second-order valence-corrected chi connectivity index (χ2v) is 6.00. The van der Waals surface area contributed by atoms with E-state index in [0.717, 1.165) is 16.7 Å². The number of hydrogen-bond acceptors (Lipinski definition) is 1. The van der Waals surface area contributed by atoms with E-state index >= 15 is 0 Å². The maximum absolute atomic E-state index is 6.03. The summed E-state index contributed by atoms with van der Waals surface area (Å²) in [7, 11) is 0. The number of hydrogen-bond donors (Lipinski definition) is 1. The molecule has 0 fully saturated rings. The SMILES string of the molecule is CC(C)c1cccc(-n2c(=S)[nH]c3cc(Cl)ccc32)c1. The van der Waals surface area contributed by atoms with E-state index in [9.17, 15) is 0 Å². The Bertz CT molecular complexity index is 830. The van der Waals surface area contributed by atoms with Crippen LogP contribution in [0.2, 0.25) is 5.02 Å². The highest BCUT2D eigenvalue weighted by molar-refractivity contribution is 7.71. The third-order valence-electron chi connectivity index (χ3n) is 3.44. The van der Waals surface area contributed by atoms with Crippen LogP contribution >= 0.6 is 23.8 Å². The molecule has 0 unspecified atom stereocenters. The average Bonchev–Trinajstić information content (AvgIpc) is 2.73. The summed E-state index contributed by atoms with van der Waals surface area (Å²) in [4.78, 5) is 3.21. The molecule has 0 saturated heterocycles. The predicted molar refractivity (Wildman–Crippen MR) is 87.6 cm³/mol. The third kappa shape index (κ3) is 2.28. The van der Waals surface area contributed by atoms with E-state index in [-0.39, 0.29) is 0 Å². The van der Waals surface area contributed by atoms with E-state index in [4.69, 9.17) is 23.8 Å². The first-order valence-corrected chi connectivity index (χ1v) is 7.35. The van der Waals surface area contributed by atoms with Crippen LogP contribution < -0.4 is 0 Å². The molecule has 0 radical (unpaired) electrons. The van der Waals surface area contributed by atoms with Crippen LogP contribution in [0, 0.1) is 4.77 Å². The van der Waals surface area contributed by atoms with Gasteiger partial charge in [-0.2, -0.15) is 0 Å². The lowest BCUT2D eigenvalue weighted by atomic mass is 10.0. The first-order valence-electron chi connectivity index (χ1n) is 6.57. The highest BCUT2D eigenvalue weighted by atomic mass is 35.5. The minimum Gasteiger partial charge on any atom is -0.330 e. The van der Waals surface area contributed by atoms with Crippen molar-refractivity contribution in [2.45, 2.75) is 19.8 Å². The molecule has 4 heteroatoms. The smallest absolute Gasteiger partial charge is 0.182 e. The van der Waals surface area contributed by atoms with Gasteiger partial charge in [0.25, 0.3) is 0 Å². The zero-order chi connectivity index (χ0) is 14.3. The van der Waals surface area contributed by atoms with Crippen molar-refractivity contribution >= 4 is 34.9 Å². The number of H-pyrrole nitrogens is 1. The van der Waals surface area contributed by atoms with Crippen molar-refractivity contribution < 1.29 is 0 Å². The number of fused-ring (bicyclic) bond motifs is 1. The highest BCUT2D eigenvalue weighted by Crippen LogP contribution is 2.24. The fourth-order valence-corrected chi connectivity index (χ4v) is 2.85. The van der Waals surface area contributed by atoms with E-state index in [2.05, 4.69) is 43.1 Å². The molecule has 3 rings (SSSR count). The van der Waals surface area contributed by atoms with Gasteiger partial charge >= 0.3 is 0 Å². The Morgan fingerprint density at radius 1 is 1.15 bits per heavy atom. The van der Waals surface area contributed by atoms with Gasteiger partial charge in [0.15, 0.2) is 4.77 Å². The summed E-state index contributed by atoms with van der Waals surface area (Å²) in [6, 6.07) is 14.2. The Hall–Kier alpha value is -1.58. The normalized spacial score (nSPS) is 11.4. The van der Waals surface area contributed by atoms with Crippen LogP contribution in [0.15, 0.2) is 42.5 Å². The molecular weight excluding hydrogens is 288 g/mol. The molecule has 0 saturated carbocycles. The number of nitrogens with zero attached hydrogens (tertiary/aromatic N) is 1. The molecule has 102 valence electrons. The van der Waals surface area contributed by atoms with E-state index in [1.807, 2.05) is 22.8 Å². The van der Waals surface area contributed by atoms with Crippen molar-refractivity contribution in [3.63, 3.8) is 0 Å². The number of benzene rings is 2. The predicted octanol–water partition coefficient (Wildman–Crippen LogP) is 5.46. The summed E-state index contributed by atoms with van der Waals surface area (Å²) in [5, 5.41) is 0.705. The van der Waals surface area contributed by atoms with Gasteiger partial charge in [-0.1, -0.05) is 37.6 Å². The van der Waals surface area contributed by atoms with E-state index < -0.39 is 0 Å². The monoisotopic (exact) mass is 302 g/mol. The summed E-state index contributed by atoms with van der Waals surface area (Å²) in [6.45, 7) is 4.38. The second kappa shape index (κ2) is 5.08. The molecule has 1 heterocycles. The minimum absolute atomic E-state index is 0.490. The zero-order valence-corrected chi connectivity index (χ0v) is 12.9. The molecular formula is C16H15ClN2S. The molecule has 3 aromatic rings. The molecule has 1 N–H and O–H groups in total. The number of nitrogens with one attached hydrogen (secondary N) is 1. The van der Waals surface area contributed by atoms with Crippen molar-refractivity contribution in [2.75, 3.05) is 0 Å². The molecule has 2 aromatic carbocycles. The van der Waals surface area contributed by atoms with Gasteiger partial charge in [-0.05, 0) is 54.0 Å². The topological polar surface area (TPSA) is 20.7 Å². The second-order valence-electron chi connectivity index (χ2n) is 5.18. The van der Waals surface area contributed by atoms with Crippen LogP contribution in [0.5, 0.6) is 0 Å². The van der Waals surface area contributed by atoms with Gasteiger partial charge in [-0.25, -0.2) is 0 Å². The van der Waals surface area contributed by atoms with Gasteiger partial charge in [0.2, 0.25) is 0 Å².